The largest absolute Gasteiger partial charge is 0.350 e. The SMILES string of the molecule is O=C(NCc1ccn[nH]1)[C@@H]1C[C@H]2CCCN2[C@]12C(=O)Nc1ccccc12. The molecule has 3 aliphatic heterocycles. The number of nitrogens with zero attached hydrogens (tertiary/aromatic N) is 2. The summed E-state index contributed by atoms with van der Waals surface area (Å²) in [5.41, 5.74) is 1.74. The first-order valence-electron chi connectivity index (χ1n) is 9.15. The zero-order chi connectivity index (χ0) is 17.7. The number of anilines is 1. The Morgan fingerprint density at radius 3 is 3.08 bits per heavy atom. The van der Waals surface area contributed by atoms with E-state index in [0.717, 1.165) is 42.8 Å². The summed E-state index contributed by atoms with van der Waals surface area (Å²) in [6, 6.07) is 9.90. The highest BCUT2D eigenvalue weighted by Gasteiger charge is 2.65. The zero-order valence-electron chi connectivity index (χ0n) is 14.4. The summed E-state index contributed by atoms with van der Waals surface area (Å²) >= 11 is 0. The Hall–Kier alpha value is -2.67. The van der Waals surface area contributed by atoms with Gasteiger partial charge in [-0.2, -0.15) is 5.10 Å². The van der Waals surface area contributed by atoms with Crippen LogP contribution >= 0.6 is 0 Å². The summed E-state index contributed by atoms with van der Waals surface area (Å²) < 4.78 is 0. The fraction of sp³-hybridized carbons (Fsp3) is 0.421. The van der Waals surface area contributed by atoms with E-state index in [2.05, 4.69) is 25.7 Å². The van der Waals surface area contributed by atoms with Crippen molar-refractivity contribution in [1.29, 1.82) is 0 Å². The minimum absolute atomic E-state index is 0.0650. The van der Waals surface area contributed by atoms with Gasteiger partial charge in [0.2, 0.25) is 11.8 Å². The molecule has 5 rings (SSSR count). The van der Waals surface area contributed by atoms with E-state index in [1.54, 1.807) is 6.20 Å². The lowest BCUT2D eigenvalue weighted by Gasteiger charge is -2.36. The Kier molecular flexibility index (Phi) is 3.40. The van der Waals surface area contributed by atoms with Crippen molar-refractivity contribution in [1.82, 2.24) is 20.4 Å². The lowest BCUT2D eigenvalue weighted by atomic mass is 9.78. The van der Waals surface area contributed by atoms with Crippen LogP contribution in [0.3, 0.4) is 0 Å². The molecule has 3 N–H and O–H groups in total. The van der Waals surface area contributed by atoms with Crippen molar-refractivity contribution in [2.75, 3.05) is 11.9 Å². The number of nitrogens with one attached hydrogen (secondary N) is 3. The number of amides is 2. The van der Waals surface area contributed by atoms with Crippen LogP contribution in [0.15, 0.2) is 36.5 Å². The maximum atomic E-state index is 13.2. The van der Waals surface area contributed by atoms with Crippen LogP contribution in [-0.4, -0.2) is 39.5 Å². The molecular formula is C19H21N5O2. The van der Waals surface area contributed by atoms with Crippen molar-refractivity contribution in [2.24, 2.45) is 5.92 Å². The van der Waals surface area contributed by atoms with Crippen LogP contribution in [-0.2, 0) is 21.7 Å². The van der Waals surface area contributed by atoms with Crippen LogP contribution in [0.1, 0.15) is 30.5 Å². The number of aromatic amines is 1. The Bertz CT molecular complexity index is 865. The second-order valence-electron chi connectivity index (χ2n) is 7.34. The number of carbonyl (C=O) groups is 2. The first-order valence-corrected chi connectivity index (χ1v) is 9.15. The third kappa shape index (κ3) is 2.00. The second kappa shape index (κ2) is 5.67. The molecule has 2 fully saturated rings. The first kappa shape index (κ1) is 15.6. The van der Waals surface area contributed by atoms with Gasteiger partial charge in [-0.05, 0) is 37.9 Å². The molecule has 0 aliphatic carbocycles. The van der Waals surface area contributed by atoms with Gasteiger partial charge in [0.05, 0.1) is 18.2 Å². The minimum Gasteiger partial charge on any atom is -0.350 e. The Morgan fingerprint density at radius 2 is 2.23 bits per heavy atom. The van der Waals surface area contributed by atoms with Crippen molar-refractivity contribution in [2.45, 2.75) is 37.4 Å². The highest BCUT2D eigenvalue weighted by Crippen LogP contribution is 2.55. The number of benzene rings is 1. The summed E-state index contributed by atoms with van der Waals surface area (Å²) in [5, 5.41) is 12.8. The van der Waals surface area contributed by atoms with E-state index in [4.69, 9.17) is 0 Å². The number of fused-ring (bicyclic) bond motifs is 4. The number of carbonyl (C=O) groups excluding carboxylic acids is 2. The molecule has 1 aromatic carbocycles. The molecule has 3 aliphatic rings. The Balaban J connectivity index is 1.52. The Morgan fingerprint density at radius 1 is 1.35 bits per heavy atom. The van der Waals surface area contributed by atoms with E-state index in [0.29, 0.717) is 6.54 Å². The van der Waals surface area contributed by atoms with Crippen molar-refractivity contribution in [3.63, 3.8) is 0 Å². The van der Waals surface area contributed by atoms with E-state index in [1.165, 1.54) is 0 Å². The highest BCUT2D eigenvalue weighted by molar-refractivity contribution is 6.09. The van der Waals surface area contributed by atoms with E-state index in [9.17, 15) is 9.59 Å². The van der Waals surface area contributed by atoms with Crippen LogP contribution in [0, 0.1) is 5.92 Å². The van der Waals surface area contributed by atoms with Gasteiger partial charge in [0, 0.05) is 23.5 Å². The predicted octanol–water partition coefficient (Wildman–Crippen LogP) is 1.36. The third-order valence-corrected chi connectivity index (χ3v) is 6.10. The fourth-order valence-electron chi connectivity index (χ4n) is 5.07. The summed E-state index contributed by atoms with van der Waals surface area (Å²) in [7, 11) is 0. The molecule has 2 aromatic rings. The lowest BCUT2D eigenvalue weighted by Crippen LogP contribution is -2.54. The number of H-pyrrole nitrogens is 1. The molecular weight excluding hydrogens is 330 g/mol. The third-order valence-electron chi connectivity index (χ3n) is 6.10. The van der Waals surface area contributed by atoms with E-state index >= 15 is 0 Å². The first-order chi connectivity index (χ1) is 12.7. The topological polar surface area (TPSA) is 90.1 Å². The van der Waals surface area contributed by atoms with Crippen molar-refractivity contribution >= 4 is 17.5 Å². The quantitative estimate of drug-likeness (QED) is 0.779. The van der Waals surface area contributed by atoms with Crippen molar-refractivity contribution in [3.05, 3.63) is 47.8 Å². The van der Waals surface area contributed by atoms with Crippen molar-refractivity contribution in [3.8, 4) is 0 Å². The van der Waals surface area contributed by atoms with E-state index in [-0.39, 0.29) is 23.8 Å². The summed E-state index contributed by atoms with van der Waals surface area (Å²) in [6.07, 6.45) is 4.50. The van der Waals surface area contributed by atoms with Gasteiger partial charge in [0.15, 0.2) is 0 Å². The molecule has 0 saturated carbocycles. The van der Waals surface area contributed by atoms with Crippen LogP contribution in [0.2, 0.25) is 0 Å². The summed E-state index contributed by atoms with van der Waals surface area (Å²) in [5.74, 6) is -0.523. The maximum absolute atomic E-state index is 13.2. The van der Waals surface area contributed by atoms with Crippen LogP contribution in [0.4, 0.5) is 5.69 Å². The van der Waals surface area contributed by atoms with Crippen LogP contribution in [0.25, 0.3) is 0 Å². The monoisotopic (exact) mass is 351 g/mol. The predicted molar refractivity (Wildman–Crippen MR) is 95.0 cm³/mol. The molecule has 1 spiro atoms. The molecule has 2 amide bonds. The van der Waals surface area contributed by atoms with Crippen LogP contribution < -0.4 is 10.6 Å². The molecule has 3 atom stereocenters. The summed E-state index contributed by atoms with van der Waals surface area (Å²) in [6.45, 7) is 1.25. The zero-order valence-corrected chi connectivity index (χ0v) is 14.4. The molecule has 0 radical (unpaired) electrons. The van der Waals surface area contributed by atoms with Gasteiger partial charge in [-0.25, -0.2) is 0 Å². The molecule has 26 heavy (non-hydrogen) atoms. The van der Waals surface area contributed by atoms with Gasteiger partial charge in [0.1, 0.15) is 5.54 Å². The Labute approximate surface area is 151 Å². The van der Waals surface area contributed by atoms with E-state index < -0.39 is 5.54 Å². The molecule has 0 unspecified atom stereocenters. The number of hydrogen-bond acceptors (Lipinski definition) is 4. The minimum atomic E-state index is -0.879. The lowest BCUT2D eigenvalue weighted by molar-refractivity contribution is -0.137. The molecule has 0 bridgehead atoms. The molecule has 2 saturated heterocycles. The molecule has 1 aromatic heterocycles. The molecule has 7 heteroatoms. The maximum Gasteiger partial charge on any atom is 0.250 e. The summed E-state index contributed by atoms with van der Waals surface area (Å²) in [4.78, 5) is 28.6. The van der Waals surface area contributed by atoms with Crippen LogP contribution in [0.5, 0.6) is 0 Å². The van der Waals surface area contributed by atoms with Gasteiger partial charge in [-0.3, -0.25) is 19.6 Å². The fourth-order valence-corrected chi connectivity index (χ4v) is 5.07. The average molecular weight is 351 g/mol. The number of hydrogen-bond donors (Lipinski definition) is 3. The molecule has 7 nitrogen and oxygen atoms in total. The highest BCUT2D eigenvalue weighted by atomic mass is 16.2. The second-order valence-corrected chi connectivity index (χ2v) is 7.34. The van der Waals surface area contributed by atoms with Gasteiger partial charge in [0.25, 0.3) is 0 Å². The smallest absolute Gasteiger partial charge is 0.250 e. The van der Waals surface area contributed by atoms with E-state index in [1.807, 2.05) is 30.3 Å². The number of para-hydroxylation sites is 1. The average Bonchev–Trinajstić information content (AvgIpc) is 3.39. The normalized spacial score (nSPS) is 29.6. The number of aromatic nitrogens is 2. The molecule has 134 valence electrons. The van der Waals surface area contributed by atoms with Gasteiger partial charge >= 0.3 is 0 Å². The standard InChI is InChI=1S/C19H21N5O2/c25-17(20-11-12-7-8-21-23-12)15-10-13-4-3-9-24(13)19(15)14-5-1-2-6-16(14)22-18(19)26/h1-2,5-8,13,15H,3-4,9-11H2,(H,20,25)(H,21,23)(H,22,26)/t13-,15+,19+/m1/s1. The van der Waals surface area contributed by atoms with Gasteiger partial charge in [-0.1, -0.05) is 18.2 Å². The van der Waals surface area contributed by atoms with Gasteiger partial charge < -0.3 is 10.6 Å². The number of rotatable bonds is 3. The molecule has 4 heterocycles. The van der Waals surface area contributed by atoms with Crippen molar-refractivity contribution < 1.29 is 9.59 Å². The van der Waals surface area contributed by atoms with Gasteiger partial charge in [-0.15, -0.1) is 0 Å².